The van der Waals surface area contributed by atoms with Crippen molar-refractivity contribution >= 4 is 16.8 Å². The second-order valence-corrected chi connectivity index (χ2v) is 8.87. The SMILES string of the molecule is O=C(CCc1ccccc1)N1CCCC[C@H]1[C@H](O)c1cc(C(F)(F)F)nc2c(C(F)(F)F)cccc12. The van der Waals surface area contributed by atoms with Gasteiger partial charge in [0, 0.05) is 18.4 Å². The number of pyridine rings is 1. The molecular weight excluding hydrogens is 486 g/mol. The summed E-state index contributed by atoms with van der Waals surface area (Å²) in [6.07, 6.45) is -9.43. The van der Waals surface area contributed by atoms with E-state index in [0.29, 0.717) is 44.4 Å². The van der Waals surface area contributed by atoms with Gasteiger partial charge in [0.15, 0.2) is 0 Å². The van der Waals surface area contributed by atoms with E-state index < -0.39 is 41.3 Å². The zero-order valence-electron chi connectivity index (χ0n) is 19.1. The number of carbonyl (C=O) groups excluding carboxylic acids is 1. The normalized spacial score (nSPS) is 17.9. The molecule has 1 fully saturated rings. The van der Waals surface area contributed by atoms with Gasteiger partial charge >= 0.3 is 12.4 Å². The number of alkyl halides is 6. The number of nitrogens with zero attached hydrogens (tertiary/aromatic N) is 2. The summed E-state index contributed by atoms with van der Waals surface area (Å²) in [5.74, 6) is -0.270. The van der Waals surface area contributed by atoms with Crippen LogP contribution in [0.3, 0.4) is 0 Å². The quantitative estimate of drug-likeness (QED) is 0.409. The number of amides is 1. The number of aromatic nitrogens is 1. The fraction of sp³-hybridized carbons (Fsp3) is 0.385. The number of aryl methyl sites for hydroxylation is 1. The van der Waals surface area contributed by atoms with Crippen LogP contribution in [0, 0.1) is 0 Å². The smallest absolute Gasteiger partial charge is 0.386 e. The summed E-state index contributed by atoms with van der Waals surface area (Å²) in [7, 11) is 0. The minimum atomic E-state index is -5.03. The van der Waals surface area contributed by atoms with Gasteiger partial charge in [0.2, 0.25) is 5.91 Å². The number of piperidine rings is 1. The fourth-order valence-electron chi connectivity index (χ4n) is 4.74. The number of likely N-dealkylation sites (tertiary alicyclic amines) is 1. The number of halogens is 6. The molecule has 1 aromatic heterocycles. The molecule has 0 spiro atoms. The summed E-state index contributed by atoms with van der Waals surface area (Å²) in [5, 5.41) is 11.0. The van der Waals surface area contributed by atoms with Crippen molar-refractivity contribution in [3.8, 4) is 0 Å². The molecule has 2 heterocycles. The lowest BCUT2D eigenvalue weighted by molar-refractivity contribution is -0.142. The van der Waals surface area contributed by atoms with Gasteiger partial charge in [-0.3, -0.25) is 4.79 Å². The van der Waals surface area contributed by atoms with Crippen molar-refractivity contribution in [1.82, 2.24) is 9.88 Å². The van der Waals surface area contributed by atoms with Crippen molar-refractivity contribution in [2.75, 3.05) is 6.54 Å². The Morgan fingerprint density at radius 3 is 2.39 bits per heavy atom. The molecule has 2 aromatic carbocycles. The zero-order chi connectivity index (χ0) is 26.1. The van der Waals surface area contributed by atoms with Crippen molar-refractivity contribution in [3.63, 3.8) is 0 Å². The molecule has 4 rings (SSSR count). The molecule has 0 unspecified atom stereocenters. The third-order valence-electron chi connectivity index (χ3n) is 6.49. The number of para-hydroxylation sites is 1. The van der Waals surface area contributed by atoms with E-state index in [1.807, 2.05) is 30.3 Å². The summed E-state index contributed by atoms with van der Waals surface area (Å²) in [6.45, 7) is 0.304. The first-order valence-electron chi connectivity index (χ1n) is 11.6. The maximum Gasteiger partial charge on any atom is 0.433 e. The van der Waals surface area contributed by atoms with Crippen LogP contribution in [0.4, 0.5) is 26.3 Å². The summed E-state index contributed by atoms with van der Waals surface area (Å²) in [6, 6.07) is 11.9. The van der Waals surface area contributed by atoms with Crippen molar-refractivity contribution in [2.45, 2.75) is 56.6 Å². The molecule has 0 radical (unpaired) electrons. The lowest BCUT2D eigenvalue weighted by atomic mass is 9.89. The van der Waals surface area contributed by atoms with Crippen LogP contribution in [0.1, 0.15) is 54.2 Å². The first kappa shape index (κ1) is 25.9. The number of fused-ring (bicyclic) bond motifs is 1. The number of aliphatic hydroxyl groups excluding tert-OH is 1. The molecule has 4 nitrogen and oxygen atoms in total. The molecule has 1 amide bonds. The summed E-state index contributed by atoms with van der Waals surface area (Å²) in [4.78, 5) is 17.8. The number of hydrogen-bond acceptors (Lipinski definition) is 3. The molecule has 1 N–H and O–H groups in total. The van der Waals surface area contributed by atoms with E-state index in [1.54, 1.807) is 0 Å². The zero-order valence-corrected chi connectivity index (χ0v) is 19.1. The highest BCUT2D eigenvalue weighted by Crippen LogP contribution is 2.40. The van der Waals surface area contributed by atoms with E-state index in [1.165, 1.54) is 11.0 Å². The third-order valence-corrected chi connectivity index (χ3v) is 6.49. The molecule has 3 aromatic rings. The number of aliphatic hydroxyl groups is 1. The number of benzene rings is 2. The van der Waals surface area contributed by atoms with E-state index in [0.717, 1.165) is 11.6 Å². The predicted molar refractivity (Wildman–Crippen MR) is 121 cm³/mol. The maximum atomic E-state index is 13.6. The maximum absolute atomic E-state index is 13.6. The van der Waals surface area contributed by atoms with E-state index in [4.69, 9.17) is 0 Å². The van der Waals surface area contributed by atoms with Crippen molar-refractivity contribution in [3.05, 3.63) is 77.0 Å². The van der Waals surface area contributed by atoms with Crippen molar-refractivity contribution in [1.29, 1.82) is 0 Å². The molecule has 2 atom stereocenters. The van der Waals surface area contributed by atoms with Gasteiger partial charge in [-0.15, -0.1) is 0 Å². The Morgan fingerprint density at radius 2 is 1.72 bits per heavy atom. The van der Waals surface area contributed by atoms with Crippen LogP contribution >= 0.6 is 0 Å². The lowest BCUT2D eigenvalue weighted by Gasteiger charge is -2.39. The van der Waals surface area contributed by atoms with Crippen LogP contribution in [0.15, 0.2) is 54.6 Å². The van der Waals surface area contributed by atoms with Gasteiger partial charge in [-0.1, -0.05) is 42.5 Å². The number of hydrogen-bond donors (Lipinski definition) is 1. The lowest BCUT2D eigenvalue weighted by Crippen LogP contribution is -2.47. The highest BCUT2D eigenvalue weighted by atomic mass is 19.4. The highest BCUT2D eigenvalue weighted by Gasteiger charge is 2.40. The topological polar surface area (TPSA) is 53.4 Å². The van der Waals surface area contributed by atoms with Gasteiger partial charge in [0.05, 0.1) is 17.1 Å². The average molecular weight is 510 g/mol. The Hall–Kier alpha value is -3.14. The van der Waals surface area contributed by atoms with Gasteiger partial charge < -0.3 is 10.0 Å². The monoisotopic (exact) mass is 510 g/mol. The largest absolute Gasteiger partial charge is 0.433 e. The van der Waals surface area contributed by atoms with Crippen LogP contribution < -0.4 is 0 Å². The van der Waals surface area contributed by atoms with Crippen LogP contribution in [-0.4, -0.2) is 33.5 Å². The summed E-state index contributed by atoms with van der Waals surface area (Å²) >= 11 is 0. The first-order valence-corrected chi connectivity index (χ1v) is 11.6. The molecule has 1 aliphatic heterocycles. The van der Waals surface area contributed by atoms with Gasteiger partial charge in [-0.05, 0) is 48.9 Å². The van der Waals surface area contributed by atoms with Crippen molar-refractivity contribution in [2.24, 2.45) is 0 Å². The summed E-state index contributed by atoms with van der Waals surface area (Å²) < 4.78 is 81.6. The van der Waals surface area contributed by atoms with Gasteiger partial charge in [0.25, 0.3) is 0 Å². The van der Waals surface area contributed by atoms with E-state index >= 15 is 0 Å². The van der Waals surface area contributed by atoms with E-state index in [-0.39, 0.29) is 23.3 Å². The van der Waals surface area contributed by atoms with Crippen LogP contribution in [0.5, 0.6) is 0 Å². The van der Waals surface area contributed by atoms with Gasteiger partial charge in [-0.2, -0.15) is 26.3 Å². The minimum Gasteiger partial charge on any atom is -0.386 e. The second kappa shape index (κ2) is 10.1. The number of carbonyl (C=O) groups is 1. The van der Waals surface area contributed by atoms with Crippen LogP contribution in [0.25, 0.3) is 10.9 Å². The van der Waals surface area contributed by atoms with Crippen LogP contribution in [-0.2, 0) is 23.6 Å². The standard InChI is InChI=1S/C26H24F6N2O2/c27-25(28,29)19-10-6-9-17-18(15-21(26(30,31)32)33-23(17)19)24(36)20-11-4-5-14-34(20)22(35)13-12-16-7-2-1-3-8-16/h1-3,6-10,15,20,24,36H,4-5,11-14H2/t20-,24+/m0/s1. The Bertz CT molecular complexity index is 1230. The summed E-state index contributed by atoms with van der Waals surface area (Å²) in [5.41, 5.74) is -3.12. The Labute approximate surface area is 203 Å². The molecule has 1 aliphatic rings. The molecule has 0 aliphatic carbocycles. The molecular formula is C26H24F6N2O2. The highest BCUT2D eigenvalue weighted by molar-refractivity contribution is 5.86. The molecule has 192 valence electrons. The Balaban J connectivity index is 1.72. The van der Waals surface area contributed by atoms with Gasteiger partial charge in [-0.25, -0.2) is 4.98 Å². The molecule has 36 heavy (non-hydrogen) atoms. The fourth-order valence-corrected chi connectivity index (χ4v) is 4.74. The minimum absolute atomic E-state index is 0.135. The van der Waals surface area contributed by atoms with Crippen LogP contribution in [0.2, 0.25) is 0 Å². The molecule has 1 saturated heterocycles. The Morgan fingerprint density at radius 1 is 1.00 bits per heavy atom. The van der Waals surface area contributed by atoms with Crippen molar-refractivity contribution < 1.29 is 36.2 Å². The molecule has 0 bridgehead atoms. The molecule has 0 saturated carbocycles. The second-order valence-electron chi connectivity index (χ2n) is 8.87. The molecule has 10 heteroatoms. The third kappa shape index (κ3) is 5.48. The van der Waals surface area contributed by atoms with Gasteiger partial charge in [0.1, 0.15) is 11.8 Å². The Kier molecular flexibility index (Phi) is 7.26. The predicted octanol–water partition coefficient (Wildman–Crippen LogP) is 6.32. The average Bonchev–Trinajstić information content (AvgIpc) is 2.85. The van der Waals surface area contributed by atoms with E-state index in [2.05, 4.69) is 4.98 Å². The first-order chi connectivity index (χ1) is 17.0. The van der Waals surface area contributed by atoms with E-state index in [9.17, 15) is 36.2 Å². The number of rotatable bonds is 5.